The maximum absolute atomic E-state index is 12.5. The first-order valence-corrected chi connectivity index (χ1v) is 9.52. The predicted molar refractivity (Wildman–Crippen MR) is 110 cm³/mol. The van der Waals surface area contributed by atoms with Gasteiger partial charge in [0.1, 0.15) is 5.75 Å². The fourth-order valence-corrected chi connectivity index (χ4v) is 2.73. The van der Waals surface area contributed by atoms with Gasteiger partial charge in [-0.1, -0.05) is 56.3 Å². The summed E-state index contributed by atoms with van der Waals surface area (Å²) < 4.78 is 5.49. The zero-order chi connectivity index (χ0) is 20.5. The molecule has 0 spiro atoms. The van der Waals surface area contributed by atoms with E-state index in [1.165, 1.54) is 0 Å². The van der Waals surface area contributed by atoms with Crippen molar-refractivity contribution < 1.29 is 14.3 Å². The van der Waals surface area contributed by atoms with Gasteiger partial charge in [0.2, 0.25) is 11.8 Å². The number of hydrogen-bond acceptors (Lipinski definition) is 4. The molecule has 0 saturated carbocycles. The van der Waals surface area contributed by atoms with Crippen LogP contribution in [0.4, 0.5) is 0 Å². The van der Waals surface area contributed by atoms with Gasteiger partial charge in [-0.25, -0.2) is 0 Å². The Balaban J connectivity index is 2.10. The van der Waals surface area contributed by atoms with Gasteiger partial charge < -0.3 is 21.1 Å². The summed E-state index contributed by atoms with van der Waals surface area (Å²) in [5, 5.41) is 5.59. The first-order chi connectivity index (χ1) is 13.4. The SMILES string of the molecule is CCOc1ccc(C(NC(=O)CNC(=O)[C@@H](N)C(C)C)c2ccccc2)cc1. The molecule has 0 fully saturated rings. The first kappa shape index (κ1) is 21.4. The Morgan fingerprint density at radius 2 is 1.61 bits per heavy atom. The van der Waals surface area contributed by atoms with Gasteiger partial charge in [0.15, 0.2) is 0 Å². The summed E-state index contributed by atoms with van der Waals surface area (Å²) >= 11 is 0. The molecule has 28 heavy (non-hydrogen) atoms. The predicted octanol–water partition coefficient (Wildman–Crippen LogP) is 2.39. The third-order valence-electron chi connectivity index (χ3n) is 4.41. The monoisotopic (exact) mass is 383 g/mol. The molecule has 6 heteroatoms. The average Bonchev–Trinajstić information content (AvgIpc) is 2.71. The van der Waals surface area contributed by atoms with Crippen LogP contribution in [0.15, 0.2) is 54.6 Å². The highest BCUT2D eigenvalue weighted by Gasteiger charge is 2.20. The van der Waals surface area contributed by atoms with Crippen LogP contribution in [0, 0.1) is 5.92 Å². The molecule has 1 unspecified atom stereocenters. The fourth-order valence-electron chi connectivity index (χ4n) is 2.73. The van der Waals surface area contributed by atoms with Crippen LogP contribution >= 0.6 is 0 Å². The van der Waals surface area contributed by atoms with E-state index in [1.54, 1.807) is 0 Å². The molecule has 0 saturated heterocycles. The van der Waals surface area contributed by atoms with Crippen molar-refractivity contribution in [2.24, 2.45) is 11.7 Å². The van der Waals surface area contributed by atoms with Crippen molar-refractivity contribution in [3.63, 3.8) is 0 Å². The third kappa shape index (κ3) is 6.09. The standard InChI is InChI=1S/C22H29N3O3/c1-4-28-18-12-10-17(11-13-18)21(16-8-6-5-7-9-16)25-19(26)14-24-22(27)20(23)15(2)3/h5-13,15,20-21H,4,14,23H2,1-3H3,(H,24,27)(H,25,26)/t20-,21?/m0/s1. The van der Waals surface area contributed by atoms with Gasteiger partial charge in [-0.3, -0.25) is 9.59 Å². The highest BCUT2D eigenvalue weighted by atomic mass is 16.5. The number of amides is 2. The Bertz CT molecular complexity index is 760. The number of nitrogens with one attached hydrogen (secondary N) is 2. The lowest BCUT2D eigenvalue weighted by Gasteiger charge is -2.21. The van der Waals surface area contributed by atoms with Gasteiger partial charge in [-0.05, 0) is 36.1 Å². The van der Waals surface area contributed by atoms with Gasteiger partial charge >= 0.3 is 0 Å². The Morgan fingerprint density at radius 3 is 2.18 bits per heavy atom. The van der Waals surface area contributed by atoms with Crippen molar-refractivity contribution >= 4 is 11.8 Å². The van der Waals surface area contributed by atoms with Crippen molar-refractivity contribution in [2.45, 2.75) is 32.9 Å². The van der Waals surface area contributed by atoms with E-state index in [0.29, 0.717) is 6.61 Å². The Hall–Kier alpha value is -2.86. The van der Waals surface area contributed by atoms with E-state index in [0.717, 1.165) is 16.9 Å². The van der Waals surface area contributed by atoms with Gasteiger partial charge in [-0.15, -0.1) is 0 Å². The summed E-state index contributed by atoms with van der Waals surface area (Å²) in [4.78, 5) is 24.5. The maximum atomic E-state index is 12.5. The molecule has 0 radical (unpaired) electrons. The molecular formula is C22H29N3O3. The maximum Gasteiger partial charge on any atom is 0.240 e. The molecule has 6 nitrogen and oxygen atoms in total. The molecule has 0 heterocycles. The summed E-state index contributed by atoms with van der Waals surface area (Å²) in [6, 6.07) is 16.3. The van der Waals surface area contributed by atoms with Gasteiger partial charge in [0, 0.05) is 0 Å². The third-order valence-corrected chi connectivity index (χ3v) is 4.41. The van der Waals surface area contributed by atoms with Crippen LogP contribution in [0.1, 0.15) is 37.9 Å². The lowest BCUT2D eigenvalue weighted by molar-refractivity contribution is -0.127. The number of carbonyl (C=O) groups is 2. The summed E-state index contributed by atoms with van der Waals surface area (Å²) in [6.45, 7) is 6.12. The molecule has 2 aromatic carbocycles. The van der Waals surface area contributed by atoms with E-state index >= 15 is 0 Å². The second-order valence-electron chi connectivity index (χ2n) is 6.90. The first-order valence-electron chi connectivity index (χ1n) is 9.52. The summed E-state index contributed by atoms with van der Waals surface area (Å²) in [7, 11) is 0. The minimum atomic E-state index is -0.635. The van der Waals surface area contributed by atoms with Crippen molar-refractivity contribution in [1.29, 1.82) is 0 Å². The number of hydrogen-bond donors (Lipinski definition) is 3. The zero-order valence-corrected chi connectivity index (χ0v) is 16.6. The molecule has 0 aliphatic heterocycles. The normalized spacial score (nSPS) is 12.9. The van der Waals surface area contributed by atoms with E-state index in [1.807, 2.05) is 75.4 Å². The van der Waals surface area contributed by atoms with Gasteiger partial charge in [0.05, 0.1) is 25.2 Å². The number of carbonyl (C=O) groups excluding carboxylic acids is 2. The molecule has 0 aliphatic rings. The van der Waals surface area contributed by atoms with E-state index in [-0.39, 0.29) is 30.3 Å². The molecule has 0 aliphatic carbocycles. The van der Waals surface area contributed by atoms with Gasteiger partial charge in [0.25, 0.3) is 0 Å². The Labute approximate surface area is 166 Å². The highest BCUT2D eigenvalue weighted by Crippen LogP contribution is 2.24. The van der Waals surface area contributed by atoms with E-state index in [2.05, 4.69) is 10.6 Å². The van der Waals surface area contributed by atoms with Crippen LogP contribution in [0.3, 0.4) is 0 Å². The van der Waals surface area contributed by atoms with Crippen LogP contribution < -0.4 is 21.1 Å². The summed E-state index contributed by atoms with van der Waals surface area (Å²) in [6.07, 6.45) is 0. The zero-order valence-electron chi connectivity index (χ0n) is 16.6. The molecule has 2 amide bonds. The van der Waals surface area contributed by atoms with Gasteiger partial charge in [-0.2, -0.15) is 0 Å². The van der Waals surface area contributed by atoms with Crippen molar-refractivity contribution in [2.75, 3.05) is 13.2 Å². The lowest BCUT2D eigenvalue weighted by atomic mass is 9.98. The highest BCUT2D eigenvalue weighted by molar-refractivity contribution is 5.87. The molecule has 0 bridgehead atoms. The Morgan fingerprint density at radius 1 is 1.00 bits per heavy atom. The van der Waals surface area contributed by atoms with Crippen molar-refractivity contribution in [1.82, 2.24) is 10.6 Å². The van der Waals surface area contributed by atoms with E-state index in [4.69, 9.17) is 10.5 Å². The van der Waals surface area contributed by atoms with Crippen LogP contribution in [0.5, 0.6) is 5.75 Å². The largest absolute Gasteiger partial charge is 0.494 e. The molecule has 2 rings (SSSR count). The number of ether oxygens (including phenoxy) is 1. The minimum Gasteiger partial charge on any atom is -0.494 e. The average molecular weight is 383 g/mol. The number of benzene rings is 2. The van der Waals surface area contributed by atoms with Crippen LogP contribution in [-0.2, 0) is 9.59 Å². The molecule has 2 aromatic rings. The second-order valence-corrected chi connectivity index (χ2v) is 6.90. The van der Waals surface area contributed by atoms with Crippen LogP contribution in [0.2, 0.25) is 0 Å². The molecule has 150 valence electrons. The number of rotatable bonds is 9. The molecule has 0 aromatic heterocycles. The second kappa shape index (κ2) is 10.5. The molecule has 2 atom stereocenters. The molecule has 4 N–H and O–H groups in total. The fraction of sp³-hybridized carbons (Fsp3) is 0.364. The minimum absolute atomic E-state index is 0.00369. The van der Waals surface area contributed by atoms with Crippen LogP contribution in [0.25, 0.3) is 0 Å². The smallest absolute Gasteiger partial charge is 0.240 e. The number of nitrogens with two attached hydrogens (primary N) is 1. The summed E-state index contributed by atoms with van der Waals surface area (Å²) in [5.74, 6) is 0.165. The van der Waals surface area contributed by atoms with E-state index in [9.17, 15) is 9.59 Å². The van der Waals surface area contributed by atoms with Crippen molar-refractivity contribution in [3.8, 4) is 5.75 Å². The van der Waals surface area contributed by atoms with Crippen molar-refractivity contribution in [3.05, 3.63) is 65.7 Å². The lowest BCUT2D eigenvalue weighted by Crippen LogP contribution is -2.47. The quantitative estimate of drug-likeness (QED) is 0.620. The molecular weight excluding hydrogens is 354 g/mol. The van der Waals surface area contributed by atoms with E-state index < -0.39 is 6.04 Å². The summed E-state index contributed by atoms with van der Waals surface area (Å²) in [5.41, 5.74) is 7.69. The Kier molecular flexibility index (Phi) is 8.02. The topological polar surface area (TPSA) is 93.5 Å². The van der Waals surface area contributed by atoms with Crippen LogP contribution in [-0.4, -0.2) is 31.0 Å².